The zero-order valence-corrected chi connectivity index (χ0v) is 17.8. The molecule has 0 amide bonds. The third kappa shape index (κ3) is 5.64. The number of halogens is 2. The Kier molecular flexibility index (Phi) is 8.96. The van der Waals surface area contributed by atoms with E-state index >= 15 is 0 Å². The fraction of sp³-hybridized carbons (Fsp3) is 0.700. The molecule has 0 saturated carbocycles. The summed E-state index contributed by atoms with van der Waals surface area (Å²) < 4.78 is 11.6. The van der Waals surface area contributed by atoms with Gasteiger partial charge >= 0.3 is 0 Å². The van der Waals surface area contributed by atoms with Crippen molar-refractivity contribution in [2.24, 2.45) is 11.8 Å². The van der Waals surface area contributed by atoms with Gasteiger partial charge in [-0.1, -0.05) is 6.07 Å². The number of fused-ring (bicyclic) bond motifs is 1. The van der Waals surface area contributed by atoms with Crippen LogP contribution in [0.25, 0.3) is 0 Å². The molecule has 0 aromatic heterocycles. The van der Waals surface area contributed by atoms with Gasteiger partial charge in [-0.3, -0.25) is 9.80 Å². The van der Waals surface area contributed by atoms with Crippen molar-refractivity contribution >= 4 is 24.8 Å². The van der Waals surface area contributed by atoms with Crippen LogP contribution >= 0.6 is 24.8 Å². The monoisotopic (exact) mass is 417 g/mol. The van der Waals surface area contributed by atoms with Gasteiger partial charge in [-0.05, 0) is 68.6 Å². The molecule has 0 radical (unpaired) electrons. The number of hydrogen-bond donors (Lipinski definition) is 1. The predicted octanol–water partition coefficient (Wildman–Crippen LogP) is 2.66. The van der Waals surface area contributed by atoms with E-state index in [1.165, 1.54) is 57.7 Å². The number of likely N-dealkylation sites (tertiary alicyclic amines) is 2. The maximum Gasteiger partial charge on any atom is 0.161 e. The Bertz CT molecular complexity index is 572. The molecule has 3 aliphatic heterocycles. The zero-order valence-electron chi connectivity index (χ0n) is 16.2. The fourth-order valence-corrected chi connectivity index (χ4v) is 4.56. The second kappa shape index (κ2) is 10.7. The molecule has 4 rings (SSSR count). The topological polar surface area (TPSA) is 37.0 Å². The molecule has 7 heteroatoms. The van der Waals surface area contributed by atoms with E-state index in [-0.39, 0.29) is 24.8 Å². The van der Waals surface area contributed by atoms with Crippen LogP contribution in [0.15, 0.2) is 18.2 Å². The van der Waals surface area contributed by atoms with Crippen molar-refractivity contribution in [2.75, 3.05) is 59.5 Å². The van der Waals surface area contributed by atoms with Gasteiger partial charge in [0.2, 0.25) is 0 Å². The summed E-state index contributed by atoms with van der Waals surface area (Å²) in [7, 11) is 1.73. The van der Waals surface area contributed by atoms with Crippen LogP contribution < -0.4 is 14.8 Å². The van der Waals surface area contributed by atoms with E-state index in [1.54, 1.807) is 7.11 Å². The first kappa shape index (κ1) is 22.6. The van der Waals surface area contributed by atoms with Crippen LogP contribution in [-0.2, 0) is 6.54 Å². The van der Waals surface area contributed by atoms with E-state index in [0.717, 1.165) is 43.0 Å². The van der Waals surface area contributed by atoms with Gasteiger partial charge in [-0.2, -0.15) is 0 Å². The first-order valence-corrected chi connectivity index (χ1v) is 9.77. The van der Waals surface area contributed by atoms with Gasteiger partial charge in [-0.15, -0.1) is 24.8 Å². The maximum atomic E-state index is 5.99. The first-order valence-electron chi connectivity index (χ1n) is 9.77. The first-order chi connectivity index (χ1) is 12.3. The van der Waals surface area contributed by atoms with Gasteiger partial charge in [0, 0.05) is 26.2 Å². The van der Waals surface area contributed by atoms with Gasteiger partial charge in [-0.25, -0.2) is 0 Å². The predicted molar refractivity (Wildman–Crippen MR) is 114 cm³/mol. The molecular formula is C20H33Cl2N3O2. The molecule has 2 atom stereocenters. The summed E-state index contributed by atoms with van der Waals surface area (Å²) in [5.74, 6) is 3.41. The number of nitrogens with one attached hydrogen (secondary N) is 1. The Morgan fingerprint density at radius 3 is 2.37 bits per heavy atom. The number of nitrogens with zero attached hydrogens (tertiary/aromatic N) is 2. The number of methoxy groups -OCH3 is 1. The molecule has 0 aliphatic carbocycles. The SMILES string of the molecule is COc1cc(CN2C[C@H]3CNC[C@H]3C2)ccc1OCCN1CCCC1.Cl.Cl. The van der Waals surface area contributed by atoms with E-state index in [4.69, 9.17) is 9.47 Å². The average Bonchev–Trinajstić information content (AvgIpc) is 3.33. The summed E-state index contributed by atoms with van der Waals surface area (Å²) in [4.78, 5) is 5.05. The highest BCUT2D eigenvalue weighted by Gasteiger charge is 2.35. The Hall–Kier alpha value is -0.720. The smallest absolute Gasteiger partial charge is 0.161 e. The molecule has 0 bridgehead atoms. The van der Waals surface area contributed by atoms with Crippen LogP contribution in [0.4, 0.5) is 0 Å². The molecule has 3 fully saturated rings. The van der Waals surface area contributed by atoms with Gasteiger partial charge in [0.15, 0.2) is 11.5 Å². The standard InChI is InChI=1S/C20H31N3O2.2ClH/c1-24-20-10-16(13-23-14-17-11-21-12-18(17)15-23)4-5-19(20)25-9-8-22-6-2-3-7-22;;/h4-5,10,17-18,21H,2-3,6-9,11-15H2,1H3;2*1H/t17-,18+;;. The second-order valence-electron chi connectivity index (χ2n) is 7.75. The van der Waals surface area contributed by atoms with Crippen LogP contribution in [0.3, 0.4) is 0 Å². The minimum atomic E-state index is 0. The number of benzene rings is 1. The van der Waals surface area contributed by atoms with E-state index in [9.17, 15) is 0 Å². The van der Waals surface area contributed by atoms with Crippen molar-refractivity contribution in [3.8, 4) is 11.5 Å². The van der Waals surface area contributed by atoms with E-state index in [0.29, 0.717) is 0 Å². The summed E-state index contributed by atoms with van der Waals surface area (Å²) in [6, 6.07) is 6.42. The number of ether oxygens (including phenoxy) is 2. The van der Waals surface area contributed by atoms with Crippen LogP contribution in [0.1, 0.15) is 18.4 Å². The molecule has 3 heterocycles. The lowest BCUT2D eigenvalue weighted by atomic mass is 10.0. The summed E-state index contributed by atoms with van der Waals surface area (Å²) >= 11 is 0. The van der Waals surface area contributed by atoms with E-state index < -0.39 is 0 Å². The van der Waals surface area contributed by atoms with Crippen molar-refractivity contribution in [3.05, 3.63) is 23.8 Å². The van der Waals surface area contributed by atoms with Crippen molar-refractivity contribution < 1.29 is 9.47 Å². The lowest BCUT2D eigenvalue weighted by molar-refractivity contribution is 0.230. The molecular weight excluding hydrogens is 385 g/mol. The van der Waals surface area contributed by atoms with Gasteiger partial charge in [0.1, 0.15) is 6.61 Å². The zero-order chi connectivity index (χ0) is 17.1. The lowest BCUT2D eigenvalue weighted by Gasteiger charge is -2.19. The molecule has 154 valence electrons. The van der Waals surface area contributed by atoms with E-state index in [2.05, 4.69) is 33.3 Å². The Morgan fingerprint density at radius 2 is 1.70 bits per heavy atom. The summed E-state index contributed by atoms with van der Waals surface area (Å²) in [5, 5.41) is 3.51. The molecule has 3 saturated heterocycles. The summed E-state index contributed by atoms with van der Waals surface area (Å²) in [6.07, 6.45) is 2.65. The van der Waals surface area contributed by atoms with Crippen molar-refractivity contribution in [2.45, 2.75) is 19.4 Å². The minimum Gasteiger partial charge on any atom is -0.493 e. The third-order valence-electron chi connectivity index (χ3n) is 5.96. The molecule has 1 N–H and O–H groups in total. The minimum absolute atomic E-state index is 0. The van der Waals surface area contributed by atoms with Gasteiger partial charge in [0.05, 0.1) is 7.11 Å². The molecule has 3 aliphatic rings. The quantitative estimate of drug-likeness (QED) is 0.737. The van der Waals surface area contributed by atoms with Crippen molar-refractivity contribution in [1.29, 1.82) is 0 Å². The molecule has 1 aromatic rings. The fourth-order valence-electron chi connectivity index (χ4n) is 4.56. The Morgan fingerprint density at radius 1 is 1.00 bits per heavy atom. The molecule has 0 unspecified atom stereocenters. The van der Waals surface area contributed by atoms with Crippen LogP contribution in [0, 0.1) is 11.8 Å². The molecule has 27 heavy (non-hydrogen) atoms. The average molecular weight is 418 g/mol. The third-order valence-corrected chi connectivity index (χ3v) is 5.96. The molecule has 1 aromatic carbocycles. The highest BCUT2D eigenvalue weighted by Crippen LogP contribution is 2.31. The highest BCUT2D eigenvalue weighted by atomic mass is 35.5. The van der Waals surface area contributed by atoms with Gasteiger partial charge in [0.25, 0.3) is 0 Å². The lowest BCUT2D eigenvalue weighted by Crippen LogP contribution is -2.25. The van der Waals surface area contributed by atoms with Crippen molar-refractivity contribution in [1.82, 2.24) is 15.1 Å². The highest BCUT2D eigenvalue weighted by molar-refractivity contribution is 5.85. The van der Waals surface area contributed by atoms with Crippen LogP contribution in [0.5, 0.6) is 11.5 Å². The number of hydrogen-bond acceptors (Lipinski definition) is 5. The van der Waals surface area contributed by atoms with Crippen molar-refractivity contribution in [3.63, 3.8) is 0 Å². The Balaban J connectivity index is 0.00000131. The second-order valence-corrected chi connectivity index (χ2v) is 7.75. The summed E-state index contributed by atoms with van der Waals surface area (Å²) in [5.41, 5.74) is 1.32. The Labute approximate surface area is 175 Å². The van der Waals surface area contributed by atoms with Crippen LogP contribution in [-0.4, -0.2) is 69.3 Å². The van der Waals surface area contributed by atoms with E-state index in [1.807, 2.05) is 0 Å². The maximum absolute atomic E-state index is 5.99. The number of rotatable bonds is 7. The van der Waals surface area contributed by atoms with Gasteiger partial charge < -0.3 is 14.8 Å². The van der Waals surface area contributed by atoms with Crippen LogP contribution in [0.2, 0.25) is 0 Å². The molecule has 5 nitrogen and oxygen atoms in total. The molecule has 0 spiro atoms. The normalized spacial score (nSPS) is 24.9. The largest absolute Gasteiger partial charge is 0.493 e. The summed E-state index contributed by atoms with van der Waals surface area (Å²) in [6.45, 7) is 10.00.